The number of furan rings is 1. The number of amides is 2. The van der Waals surface area contributed by atoms with E-state index in [1.54, 1.807) is 13.0 Å². The first-order valence-electron chi connectivity index (χ1n) is 9.00. The summed E-state index contributed by atoms with van der Waals surface area (Å²) < 4.78 is 5.17. The van der Waals surface area contributed by atoms with Crippen LogP contribution in [-0.2, 0) is 11.2 Å². The molecule has 138 valence electrons. The molecule has 2 amide bonds. The molecule has 2 heterocycles. The molecule has 6 nitrogen and oxygen atoms in total. The molecule has 0 unspecified atom stereocenters. The van der Waals surface area contributed by atoms with E-state index in [4.69, 9.17) is 10.2 Å². The van der Waals surface area contributed by atoms with E-state index in [0.717, 1.165) is 24.1 Å². The van der Waals surface area contributed by atoms with Gasteiger partial charge in [-0.05, 0) is 43.9 Å². The van der Waals surface area contributed by atoms with Crippen LogP contribution in [0.5, 0.6) is 0 Å². The Labute approximate surface area is 153 Å². The van der Waals surface area contributed by atoms with Gasteiger partial charge in [-0.1, -0.05) is 18.2 Å². The SMILES string of the molecule is Cc1occc1C(=O)NC1CCN(C(=O)CCc2ccccc2N)CC1. The van der Waals surface area contributed by atoms with Crippen LogP contribution in [-0.4, -0.2) is 35.8 Å². The van der Waals surface area contributed by atoms with Crippen LogP contribution in [0.3, 0.4) is 0 Å². The summed E-state index contributed by atoms with van der Waals surface area (Å²) in [6.07, 6.45) is 4.16. The molecule has 1 fully saturated rings. The first-order valence-corrected chi connectivity index (χ1v) is 9.00. The van der Waals surface area contributed by atoms with Crippen molar-refractivity contribution in [2.24, 2.45) is 0 Å². The molecule has 0 spiro atoms. The molecular weight excluding hydrogens is 330 g/mol. The van der Waals surface area contributed by atoms with Gasteiger partial charge in [-0.2, -0.15) is 0 Å². The van der Waals surface area contributed by atoms with Crippen molar-refractivity contribution in [2.75, 3.05) is 18.8 Å². The van der Waals surface area contributed by atoms with Gasteiger partial charge in [0.05, 0.1) is 11.8 Å². The molecule has 1 saturated heterocycles. The number of aryl methyl sites for hydroxylation is 2. The lowest BCUT2D eigenvalue weighted by Gasteiger charge is -2.32. The Morgan fingerprint density at radius 2 is 1.96 bits per heavy atom. The Kier molecular flexibility index (Phi) is 5.61. The summed E-state index contributed by atoms with van der Waals surface area (Å²) >= 11 is 0. The van der Waals surface area contributed by atoms with Crippen LogP contribution in [0.15, 0.2) is 41.0 Å². The van der Waals surface area contributed by atoms with Crippen molar-refractivity contribution >= 4 is 17.5 Å². The van der Waals surface area contributed by atoms with E-state index < -0.39 is 0 Å². The molecule has 1 aliphatic rings. The topological polar surface area (TPSA) is 88.6 Å². The number of carbonyl (C=O) groups is 2. The Morgan fingerprint density at radius 1 is 1.23 bits per heavy atom. The number of nitrogens with one attached hydrogen (secondary N) is 1. The highest BCUT2D eigenvalue weighted by Crippen LogP contribution is 2.17. The van der Waals surface area contributed by atoms with E-state index in [1.165, 1.54) is 6.26 Å². The molecule has 3 rings (SSSR count). The van der Waals surface area contributed by atoms with Crippen molar-refractivity contribution < 1.29 is 14.0 Å². The lowest BCUT2D eigenvalue weighted by atomic mass is 10.0. The lowest BCUT2D eigenvalue weighted by Crippen LogP contribution is -2.46. The monoisotopic (exact) mass is 355 g/mol. The molecule has 0 radical (unpaired) electrons. The third-order valence-corrected chi connectivity index (χ3v) is 4.95. The fraction of sp³-hybridized carbons (Fsp3) is 0.400. The van der Waals surface area contributed by atoms with E-state index >= 15 is 0 Å². The predicted octanol–water partition coefficient (Wildman–Crippen LogP) is 2.52. The van der Waals surface area contributed by atoms with Gasteiger partial charge in [0.1, 0.15) is 5.76 Å². The third kappa shape index (κ3) is 4.25. The first-order chi connectivity index (χ1) is 12.5. The molecule has 0 atom stereocenters. The fourth-order valence-corrected chi connectivity index (χ4v) is 3.32. The molecule has 6 heteroatoms. The normalized spacial score (nSPS) is 15.0. The Bertz CT molecular complexity index is 776. The number of benzene rings is 1. The van der Waals surface area contributed by atoms with Gasteiger partial charge < -0.3 is 20.4 Å². The molecule has 26 heavy (non-hydrogen) atoms. The van der Waals surface area contributed by atoms with Crippen LogP contribution in [0.1, 0.15) is 40.9 Å². The number of rotatable bonds is 5. The number of nitrogen functional groups attached to an aromatic ring is 1. The van der Waals surface area contributed by atoms with Crippen LogP contribution < -0.4 is 11.1 Å². The summed E-state index contributed by atoms with van der Waals surface area (Å²) in [6.45, 7) is 3.10. The third-order valence-electron chi connectivity index (χ3n) is 4.95. The van der Waals surface area contributed by atoms with Gasteiger partial charge in [0.15, 0.2) is 0 Å². The Morgan fingerprint density at radius 3 is 2.62 bits per heavy atom. The largest absolute Gasteiger partial charge is 0.469 e. The molecule has 3 N–H and O–H groups in total. The predicted molar refractivity (Wildman–Crippen MR) is 99.7 cm³/mol. The average Bonchev–Trinajstić information content (AvgIpc) is 3.07. The maximum Gasteiger partial charge on any atom is 0.255 e. The van der Waals surface area contributed by atoms with E-state index in [9.17, 15) is 9.59 Å². The molecule has 2 aromatic rings. The minimum absolute atomic E-state index is 0.0885. The van der Waals surface area contributed by atoms with E-state index in [-0.39, 0.29) is 17.9 Å². The number of anilines is 1. The van der Waals surface area contributed by atoms with Gasteiger partial charge in [0, 0.05) is 31.2 Å². The fourth-order valence-electron chi connectivity index (χ4n) is 3.32. The number of para-hydroxylation sites is 1. The van der Waals surface area contributed by atoms with Crippen molar-refractivity contribution in [2.45, 2.75) is 38.6 Å². The smallest absolute Gasteiger partial charge is 0.255 e. The Hall–Kier alpha value is -2.76. The zero-order valence-corrected chi connectivity index (χ0v) is 15.0. The molecule has 1 aromatic carbocycles. The summed E-state index contributed by atoms with van der Waals surface area (Å²) in [4.78, 5) is 26.5. The molecular formula is C20H25N3O3. The zero-order valence-electron chi connectivity index (χ0n) is 15.0. The summed E-state index contributed by atoms with van der Waals surface area (Å²) in [6, 6.07) is 9.42. The van der Waals surface area contributed by atoms with Crippen LogP contribution in [0.2, 0.25) is 0 Å². The lowest BCUT2D eigenvalue weighted by molar-refractivity contribution is -0.132. The van der Waals surface area contributed by atoms with Gasteiger partial charge in [-0.15, -0.1) is 0 Å². The maximum atomic E-state index is 12.4. The highest BCUT2D eigenvalue weighted by atomic mass is 16.3. The van der Waals surface area contributed by atoms with Crippen LogP contribution in [0, 0.1) is 6.92 Å². The summed E-state index contributed by atoms with van der Waals surface area (Å²) in [5, 5.41) is 3.03. The van der Waals surface area contributed by atoms with E-state index in [2.05, 4.69) is 5.32 Å². The molecule has 1 aliphatic heterocycles. The van der Waals surface area contributed by atoms with Crippen molar-refractivity contribution in [1.29, 1.82) is 0 Å². The molecule has 0 bridgehead atoms. The summed E-state index contributed by atoms with van der Waals surface area (Å²) in [5.41, 5.74) is 8.25. The van der Waals surface area contributed by atoms with Crippen molar-refractivity contribution in [3.05, 3.63) is 53.5 Å². The van der Waals surface area contributed by atoms with Crippen LogP contribution >= 0.6 is 0 Å². The number of nitrogens with two attached hydrogens (primary N) is 1. The van der Waals surface area contributed by atoms with Gasteiger partial charge in [-0.3, -0.25) is 9.59 Å². The second-order valence-corrected chi connectivity index (χ2v) is 6.72. The van der Waals surface area contributed by atoms with Crippen molar-refractivity contribution in [3.8, 4) is 0 Å². The second kappa shape index (κ2) is 8.08. The molecule has 1 aromatic heterocycles. The molecule has 0 aliphatic carbocycles. The second-order valence-electron chi connectivity index (χ2n) is 6.72. The minimum atomic E-state index is -0.111. The van der Waals surface area contributed by atoms with Crippen molar-refractivity contribution in [3.63, 3.8) is 0 Å². The number of carbonyl (C=O) groups excluding carboxylic acids is 2. The highest BCUT2D eigenvalue weighted by molar-refractivity contribution is 5.95. The van der Waals surface area contributed by atoms with Crippen LogP contribution in [0.4, 0.5) is 5.69 Å². The summed E-state index contributed by atoms with van der Waals surface area (Å²) in [7, 11) is 0. The van der Waals surface area contributed by atoms with Gasteiger partial charge in [0.25, 0.3) is 5.91 Å². The first kappa shape index (κ1) is 18.0. The summed E-state index contributed by atoms with van der Waals surface area (Å²) in [5.74, 6) is 0.652. The van der Waals surface area contributed by atoms with E-state index in [1.807, 2.05) is 29.2 Å². The standard InChI is InChI=1S/C20H25N3O3/c1-14-17(10-13-26-14)20(25)22-16-8-11-23(12-9-16)19(24)7-6-15-4-2-3-5-18(15)21/h2-5,10,13,16H,6-9,11-12,21H2,1H3,(H,22,25). The average molecular weight is 355 g/mol. The Balaban J connectivity index is 1.44. The molecule has 0 saturated carbocycles. The number of piperidine rings is 1. The number of hydrogen-bond acceptors (Lipinski definition) is 4. The number of nitrogens with zero attached hydrogens (tertiary/aromatic N) is 1. The van der Waals surface area contributed by atoms with Gasteiger partial charge in [0.2, 0.25) is 5.91 Å². The van der Waals surface area contributed by atoms with E-state index in [0.29, 0.717) is 37.3 Å². The minimum Gasteiger partial charge on any atom is -0.469 e. The quantitative estimate of drug-likeness (QED) is 0.807. The van der Waals surface area contributed by atoms with Crippen molar-refractivity contribution in [1.82, 2.24) is 10.2 Å². The zero-order chi connectivity index (χ0) is 18.5. The van der Waals surface area contributed by atoms with Crippen LogP contribution in [0.25, 0.3) is 0 Å². The van der Waals surface area contributed by atoms with Gasteiger partial charge >= 0.3 is 0 Å². The maximum absolute atomic E-state index is 12.4. The van der Waals surface area contributed by atoms with Gasteiger partial charge in [-0.25, -0.2) is 0 Å². The number of hydrogen-bond donors (Lipinski definition) is 2. The highest BCUT2D eigenvalue weighted by Gasteiger charge is 2.24. The number of likely N-dealkylation sites (tertiary alicyclic amines) is 1.